The zero-order valence-corrected chi connectivity index (χ0v) is 17.5. The Morgan fingerprint density at radius 3 is 2.03 bits per heavy atom. The lowest BCUT2D eigenvalue weighted by Gasteiger charge is -2.31. The van der Waals surface area contributed by atoms with Crippen molar-refractivity contribution in [1.82, 2.24) is 0 Å². The Balaban J connectivity index is 3.08. The molecule has 0 spiro atoms. The largest absolute Gasteiger partial charge is 0.534 e. The third-order valence-corrected chi connectivity index (χ3v) is 5.02. The van der Waals surface area contributed by atoms with Crippen LogP contribution in [0.15, 0.2) is 24.3 Å². The lowest BCUT2D eigenvalue weighted by atomic mass is 9.80. The molecule has 0 aliphatic carbocycles. The van der Waals surface area contributed by atoms with Crippen LogP contribution in [0.5, 0.6) is 5.75 Å². The summed E-state index contributed by atoms with van der Waals surface area (Å²) in [5.41, 5.74) is -1.15. The SMILES string of the molecule is CC(=O)OCC(CCc1cccc(OS(=O)(=O)C(F)(F)F)c1)(COC(C)=O)CC(N)=O. The van der Waals surface area contributed by atoms with Crippen molar-refractivity contribution in [3.05, 3.63) is 29.8 Å². The molecular formula is C18H22F3NO8S. The highest BCUT2D eigenvalue weighted by atomic mass is 32.2. The third kappa shape index (κ3) is 8.82. The monoisotopic (exact) mass is 469 g/mol. The van der Waals surface area contributed by atoms with Crippen LogP contribution in [0.25, 0.3) is 0 Å². The number of ether oxygens (including phenoxy) is 2. The number of hydrogen-bond acceptors (Lipinski definition) is 8. The maximum atomic E-state index is 12.5. The normalized spacial score (nSPS) is 12.2. The number of primary amides is 1. The molecule has 174 valence electrons. The second-order valence-electron chi connectivity index (χ2n) is 6.83. The van der Waals surface area contributed by atoms with Gasteiger partial charge in [0.1, 0.15) is 19.0 Å². The number of aryl methyl sites for hydroxylation is 1. The van der Waals surface area contributed by atoms with Crippen molar-refractivity contribution in [1.29, 1.82) is 0 Å². The molecule has 9 nitrogen and oxygen atoms in total. The molecule has 1 amide bonds. The molecule has 0 atom stereocenters. The molecule has 0 radical (unpaired) electrons. The first kappa shape index (κ1) is 26.2. The van der Waals surface area contributed by atoms with Gasteiger partial charge in [0, 0.05) is 25.7 Å². The Labute approximate surface area is 176 Å². The van der Waals surface area contributed by atoms with E-state index < -0.39 is 44.6 Å². The van der Waals surface area contributed by atoms with Gasteiger partial charge in [0.05, 0.1) is 0 Å². The molecule has 0 saturated heterocycles. The smallest absolute Gasteiger partial charge is 0.465 e. The summed E-state index contributed by atoms with van der Waals surface area (Å²) in [6.07, 6.45) is -0.169. The molecule has 0 saturated carbocycles. The highest BCUT2D eigenvalue weighted by Crippen LogP contribution is 2.32. The van der Waals surface area contributed by atoms with Gasteiger partial charge >= 0.3 is 27.6 Å². The van der Waals surface area contributed by atoms with Crippen LogP contribution in [-0.4, -0.2) is 45.0 Å². The van der Waals surface area contributed by atoms with Gasteiger partial charge in [-0.3, -0.25) is 14.4 Å². The van der Waals surface area contributed by atoms with Gasteiger partial charge in [-0.1, -0.05) is 12.1 Å². The predicted molar refractivity (Wildman–Crippen MR) is 99.9 cm³/mol. The Kier molecular flexibility index (Phi) is 8.85. The summed E-state index contributed by atoms with van der Waals surface area (Å²) >= 11 is 0. The molecule has 0 fully saturated rings. The van der Waals surface area contributed by atoms with Gasteiger partial charge in [-0.05, 0) is 30.5 Å². The predicted octanol–water partition coefficient (Wildman–Crippen LogP) is 1.84. The van der Waals surface area contributed by atoms with Gasteiger partial charge in [-0.25, -0.2) is 0 Å². The number of nitrogens with two attached hydrogens (primary N) is 1. The van der Waals surface area contributed by atoms with E-state index in [1.807, 2.05) is 0 Å². The first-order valence-electron chi connectivity index (χ1n) is 8.80. The fourth-order valence-electron chi connectivity index (χ4n) is 2.59. The van der Waals surface area contributed by atoms with Crippen molar-refractivity contribution in [2.45, 2.75) is 38.6 Å². The fraction of sp³-hybridized carbons (Fsp3) is 0.500. The Morgan fingerprint density at radius 2 is 1.58 bits per heavy atom. The number of amides is 1. The van der Waals surface area contributed by atoms with E-state index >= 15 is 0 Å². The zero-order valence-electron chi connectivity index (χ0n) is 16.7. The van der Waals surface area contributed by atoms with Crippen molar-refractivity contribution < 1.29 is 49.6 Å². The first-order valence-corrected chi connectivity index (χ1v) is 10.2. The average molecular weight is 469 g/mol. The third-order valence-electron chi connectivity index (χ3n) is 4.04. The minimum Gasteiger partial charge on any atom is -0.465 e. The molecule has 0 heterocycles. The number of benzene rings is 1. The van der Waals surface area contributed by atoms with Gasteiger partial charge < -0.3 is 19.4 Å². The van der Waals surface area contributed by atoms with Gasteiger partial charge in [-0.2, -0.15) is 21.6 Å². The quantitative estimate of drug-likeness (QED) is 0.294. The van der Waals surface area contributed by atoms with Crippen LogP contribution < -0.4 is 9.92 Å². The van der Waals surface area contributed by atoms with Crippen molar-refractivity contribution >= 4 is 28.0 Å². The molecule has 31 heavy (non-hydrogen) atoms. The molecule has 0 aliphatic heterocycles. The van der Waals surface area contributed by atoms with E-state index in [0.29, 0.717) is 5.56 Å². The van der Waals surface area contributed by atoms with Crippen LogP contribution in [0.1, 0.15) is 32.3 Å². The second-order valence-corrected chi connectivity index (χ2v) is 8.37. The van der Waals surface area contributed by atoms with Crippen LogP contribution in [-0.2, 0) is 40.4 Å². The lowest BCUT2D eigenvalue weighted by molar-refractivity contribution is -0.154. The van der Waals surface area contributed by atoms with E-state index in [9.17, 15) is 36.0 Å². The van der Waals surface area contributed by atoms with Crippen LogP contribution in [0.2, 0.25) is 0 Å². The van der Waals surface area contributed by atoms with Gasteiger partial charge in [0.15, 0.2) is 0 Å². The number of esters is 2. The van der Waals surface area contributed by atoms with Crippen LogP contribution in [0.3, 0.4) is 0 Å². The van der Waals surface area contributed by atoms with E-state index in [0.717, 1.165) is 26.0 Å². The molecule has 0 bridgehead atoms. The molecule has 0 unspecified atom stereocenters. The number of alkyl halides is 3. The van der Waals surface area contributed by atoms with E-state index in [1.54, 1.807) is 0 Å². The number of rotatable bonds is 11. The summed E-state index contributed by atoms with van der Waals surface area (Å²) in [4.78, 5) is 34.0. The number of carbonyl (C=O) groups excluding carboxylic acids is 3. The minimum atomic E-state index is -5.84. The molecule has 1 aromatic carbocycles. The summed E-state index contributed by atoms with van der Waals surface area (Å²) in [6, 6.07) is 4.88. The van der Waals surface area contributed by atoms with Crippen LogP contribution >= 0.6 is 0 Å². The van der Waals surface area contributed by atoms with Crippen molar-refractivity contribution in [2.24, 2.45) is 11.1 Å². The molecule has 1 aromatic rings. The zero-order chi connectivity index (χ0) is 23.9. The number of halogens is 3. The highest BCUT2D eigenvalue weighted by molar-refractivity contribution is 7.88. The van der Waals surface area contributed by atoms with E-state index in [2.05, 4.69) is 4.18 Å². The highest BCUT2D eigenvalue weighted by Gasteiger charge is 2.48. The van der Waals surface area contributed by atoms with Crippen LogP contribution in [0.4, 0.5) is 13.2 Å². The molecule has 1 rings (SSSR count). The lowest BCUT2D eigenvalue weighted by Crippen LogP contribution is -2.38. The molecule has 0 aliphatic rings. The Morgan fingerprint density at radius 1 is 1.03 bits per heavy atom. The molecule has 2 N–H and O–H groups in total. The first-order chi connectivity index (χ1) is 14.2. The molecule has 0 aromatic heterocycles. The number of hydrogen-bond donors (Lipinski definition) is 1. The summed E-state index contributed by atoms with van der Waals surface area (Å²) < 4.78 is 73.9. The summed E-state index contributed by atoms with van der Waals surface area (Å²) in [5.74, 6) is -2.61. The van der Waals surface area contributed by atoms with Crippen LogP contribution in [0, 0.1) is 5.41 Å². The van der Waals surface area contributed by atoms with Crippen molar-refractivity contribution in [2.75, 3.05) is 13.2 Å². The topological polar surface area (TPSA) is 139 Å². The maximum Gasteiger partial charge on any atom is 0.534 e. The number of carbonyl (C=O) groups is 3. The van der Waals surface area contributed by atoms with Crippen molar-refractivity contribution in [3.63, 3.8) is 0 Å². The summed E-state index contributed by atoms with van der Waals surface area (Å²) in [7, 11) is -5.84. The Hall–Kier alpha value is -2.83. The maximum absolute atomic E-state index is 12.5. The second kappa shape index (κ2) is 10.5. The van der Waals surface area contributed by atoms with E-state index in [-0.39, 0.29) is 32.5 Å². The fourth-order valence-corrected chi connectivity index (χ4v) is 3.04. The van der Waals surface area contributed by atoms with Crippen molar-refractivity contribution in [3.8, 4) is 5.75 Å². The minimum absolute atomic E-state index is 0.0615. The van der Waals surface area contributed by atoms with Gasteiger partial charge in [-0.15, -0.1) is 0 Å². The van der Waals surface area contributed by atoms with E-state index in [4.69, 9.17) is 15.2 Å². The van der Waals surface area contributed by atoms with E-state index in [1.165, 1.54) is 12.1 Å². The summed E-state index contributed by atoms with van der Waals surface area (Å²) in [6.45, 7) is 1.67. The average Bonchev–Trinajstić information content (AvgIpc) is 2.61. The standard InChI is InChI=1S/C18H22F3NO8S/c1-12(23)28-10-17(9-16(22)25,11-29-13(2)24)7-6-14-4-3-5-15(8-14)30-31(26,27)18(19,20)21/h3-5,8H,6-7,9-11H2,1-2H3,(H2,22,25). The summed E-state index contributed by atoms with van der Waals surface area (Å²) in [5, 5.41) is 0. The Bertz CT molecular complexity index is 897. The van der Waals surface area contributed by atoms with Gasteiger partial charge in [0.2, 0.25) is 5.91 Å². The molecular weight excluding hydrogens is 447 g/mol. The molecule has 13 heteroatoms. The van der Waals surface area contributed by atoms with Gasteiger partial charge in [0.25, 0.3) is 0 Å².